The lowest BCUT2D eigenvalue weighted by molar-refractivity contribution is -0.137. The molecule has 4 heterocycles. The van der Waals surface area contributed by atoms with Crippen LogP contribution in [-0.4, -0.2) is 4.57 Å². The third kappa shape index (κ3) is 6.99. The predicted molar refractivity (Wildman–Crippen MR) is 328 cm³/mol. The maximum Gasteiger partial charge on any atom is 0.416 e. The van der Waals surface area contributed by atoms with Crippen LogP contribution in [0.5, 0.6) is 0 Å². The number of halogens is 5. The number of nitrogens with zero attached hydrogens (tertiary/aromatic N) is 2. The lowest BCUT2D eigenvalue weighted by Gasteiger charge is -2.31. The molecule has 1 aliphatic carbocycles. The summed E-state index contributed by atoms with van der Waals surface area (Å²) in [6, 6.07) is 70.9. The SMILES string of the molecule is CC(F)(F)c1ccc2c(c1)C(c1c(-c3cccc4c3sc3ccccc34)c(C#N)c(-c3cccc4c3sc3ccccc34)c(-n3c4ccccc4c4ccc(C(F)(F)F)cc43)c1-c1cccc3c1sc1ccccc13)c1ccccc1-2. The van der Waals surface area contributed by atoms with Crippen molar-refractivity contribution in [1.29, 1.82) is 5.26 Å². The molecule has 10 heteroatoms. The van der Waals surface area contributed by atoms with E-state index < -0.39 is 23.6 Å². The summed E-state index contributed by atoms with van der Waals surface area (Å²) in [5, 5.41) is 20.2. The van der Waals surface area contributed by atoms with Gasteiger partial charge in [-0.25, -0.2) is 8.78 Å². The van der Waals surface area contributed by atoms with E-state index in [1.807, 2.05) is 102 Å². The lowest BCUT2D eigenvalue weighted by Crippen LogP contribution is -2.14. The predicted octanol–water partition coefficient (Wildman–Crippen LogP) is 22.1. The molecule has 0 bridgehead atoms. The van der Waals surface area contributed by atoms with Crippen molar-refractivity contribution >= 4 is 116 Å². The summed E-state index contributed by atoms with van der Waals surface area (Å²) in [6.07, 6.45) is -4.71. The van der Waals surface area contributed by atoms with Gasteiger partial charge in [-0.2, -0.15) is 18.4 Å². The molecule has 0 fully saturated rings. The van der Waals surface area contributed by atoms with Crippen molar-refractivity contribution in [3.8, 4) is 56.3 Å². The summed E-state index contributed by atoms with van der Waals surface area (Å²) < 4.78 is 86.6. The molecule has 1 unspecified atom stereocenters. The van der Waals surface area contributed by atoms with Gasteiger partial charge < -0.3 is 4.57 Å². The van der Waals surface area contributed by atoms with Crippen molar-refractivity contribution < 1.29 is 22.0 Å². The molecule has 0 saturated heterocycles. The maximum absolute atomic E-state index is 16.1. The van der Waals surface area contributed by atoms with Gasteiger partial charge in [0, 0.05) is 123 Å². The third-order valence-electron chi connectivity index (χ3n) is 16.6. The van der Waals surface area contributed by atoms with Crippen molar-refractivity contribution in [1.82, 2.24) is 4.57 Å². The monoisotopic (exact) mass is 1110 g/mol. The molecule has 16 rings (SSSR count). The summed E-state index contributed by atoms with van der Waals surface area (Å²) in [5.74, 6) is -4.02. The number of fused-ring (bicyclic) bond motifs is 15. The van der Waals surface area contributed by atoms with E-state index in [0.717, 1.165) is 112 Å². The number of nitriles is 1. The van der Waals surface area contributed by atoms with Crippen LogP contribution in [0.4, 0.5) is 22.0 Å². The van der Waals surface area contributed by atoms with Crippen LogP contribution in [0.15, 0.2) is 212 Å². The minimum Gasteiger partial charge on any atom is -0.308 e. The number of alkyl halides is 5. The minimum absolute atomic E-state index is 0.156. The molecule has 2 nitrogen and oxygen atoms in total. The van der Waals surface area contributed by atoms with Gasteiger partial charge in [0.15, 0.2) is 0 Å². The molecular weight excluding hydrogens is 1070 g/mol. The van der Waals surface area contributed by atoms with Crippen LogP contribution in [0.1, 0.15) is 46.2 Å². The Bertz CT molecular complexity index is 5250. The first-order valence-electron chi connectivity index (χ1n) is 26.5. The fourth-order valence-corrected chi connectivity index (χ4v) is 16.9. The first-order valence-corrected chi connectivity index (χ1v) is 29.0. The summed E-state index contributed by atoms with van der Waals surface area (Å²) >= 11 is 4.89. The van der Waals surface area contributed by atoms with Gasteiger partial charge in [0.1, 0.15) is 6.07 Å². The Morgan fingerprint density at radius 3 is 1.43 bits per heavy atom. The van der Waals surface area contributed by atoms with Crippen LogP contribution in [-0.2, 0) is 12.1 Å². The van der Waals surface area contributed by atoms with Crippen molar-refractivity contribution in [2.24, 2.45) is 0 Å². The average molecular weight is 1110 g/mol. The minimum atomic E-state index is -4.71. The van der Waals surface area contributed by atoms with Gasteiger partial charge in [-0.3, -0.25) is 0 Å². The van der Waals surface area contributed by atoms with Crippen molar-refractivity contribution in [2.75, 3.05) is 0 Å². The van der Waals surface area contributed by atoms with Crippen molar-refractivity contribution in [3.63, 3.8) is 0 Å². The second-order valence-corrected chi connectivity index (χ2v) is 24.2. The van der Waals surface area contributed by atoms with Crippen LogP contribution in [0.25, 0.3) is 133 Å². The number of thiophene rings is 3. The summed E-state index contributed by atoms with van der Waals surface area (Å²) in [4.78, 5) is 0. The Labute approximate surface area is 472 Å². The number of hydrogen-bond acceptors (Lipinski definition) is 4. The van der Waals surface area contributed by atoms with E-state index >= 15 is 22.0 Å². The normalized spacial score (nSPS) is 13.7. The zero-order valence-corrected chi connectivity index (χ0v) is 45.2. The topological polar surface area (TPSA) is 28.7 Å². The molecule has 0 aliphatic heterocycles. The summed E-state index contributed by atoms with van der Waals surface area (Å²) in [6.45, 7) is 0.916. The van der Waals surface area contributed by atoms with Gasteiger partial charge in [-0.15, -0.1) is 34.0 Å². The number of aromatic nitrogens is 1. The van der Waals surface area contributed by atoms with Crippen LogP contribution >= 0.6 is 34.0 Å². The van der Waals surface area contributed by atoms with Gasteiger partial charge in [0.25, 0.3) is 5.92 Å². The Kier molecular flexibility index (Phi) is 10.4. The number of hydrogen-bond donors (Lipinski definition) is 0. The second kappa shape index (κ2) is 17.5. The van der Waals surface area contributed by atoms with Crippen LogP contribution in [0, 0.1) is 11.3 Å². The van der Waals surface area contributed by atoms with E-state index in [4.69, 9.17) is 0 Å². The average Bonchev–Trinajstić information content (AvgIpc) is 4.45. The quantitative estimate of drug-likeness (QED) is 0.153. The van der Waals surface area contributed by atoms with Gasteiger partial charge in [0.2, 0.25) is 0 Å². The Morgan fingerprint density at radius 1 is 0.407 bits per heavy atom. The van der Waals surface area contributed by atoms with Gasteiger partial charge in [0.05, 0.1) is 27.8 Å². The smallest absolute Gasteiger partial charge is 0.308 e. The van der Waals surface area contributed by atoms with E-state index in [-0.39, 0.29) is 5.56 Å². The van der Waals surface area contributed by atoms with Gasteiger partial charge >= 0.3 is 6.18 Å². The molecule has 386 valence electrons. The molecule has 81 heavy (non-hydrogen) atoms. The number of benzene rings is 11. The highest BCUT2D eigenvalue weighted by molar-refractivity contribution is 7.27. The van der Waals surface area contributed by atoms with Crippen LogP contribution in [0.3, 0.4) is 0 Å². The molecule has 0 amide bonds. The maximum atomic E-state index is 16.1. The standard InChI is InChI=1S/C71H39F5N2S3/c1-70(72,73)38-31-33-41-40-15-2-3-20-47(40)61(54(41)35-38)65-62(51-24-12-21-48-44-17-5-9-28-58(44)79-67(48)51)55(37-77)63(52-25-13-22-49-45-18-6-10-29-59(45)80-68(49)52)66(64(65)53-26-14-23-50-46-19-7-11-30-60(46)81-69(50)53)78-56-27-8-4-16-42(56)43-34-32-39(36-57(43)78)71(74,75)76/h2-36,61H,1H3. The Balaban J connectivity index is 1.24. The van der Waals surface area contributed by atoms with Crippen molar-refractivity contribution in [2.45, 2.75) is 24.9 Å². The molecular formula is C71H39F5N2S3. The summed E-state index contributed by atoms with van der Waals surface area (Å²) in [5.41, 5.74) is 8.76. The highest BCUT2D eigenvalue weighted by Crippen LogP contribution is 2.61. The molecule has 0 radical (unpaired) electrons. The van der Waals surface area contributed by atoms with Crippen molar-refractivity contribution in [3.05, 3.63) is 246 Å². The first kappa shape index (κ1) is 48.0. The largest absolute Gasteiger partial charge is 0.416 e. The first-order chi connectivity index (χ1) is 39.4. The van der Waals surface area contributed by atoms with E-state index in [2.05, 4.69) is 84.9 Å². The van der Waals surface area contributed by atoms with Gasteiger partial charge in [-0.1, -0.05) is 170 Å². The number of para-hydroxylation sites is 1. The molecule has 0 N–H and O–H groups in total. The fourth-order valence-electron chi connectivity index (χ4n) is 13.2. The highest BCUT2D eigenvalue weighted by atomic mass is 32.1. The Hall–Kier alpha value is -8.98. The van der Waals surface area contributed by atoms with E-state index in [0.29, 0.717) is 55.5 Å². The second-order valence-electron chi connectivity index (χ2n) is 21.0. The highest BCUT2D eigenvalue weighted by Gasteiger charge is 2.41. The zero-order valence-electron chi connectivity index (χ0n) is 42.8. The zero-order chi connectivity index (χ0) is 54.6. The molecule has 1 atom stereocenters. The van der Waals surface area contributed by atoms with E-state index in [1.165, 1.54) is 12.1 Å². The molecule has 15 aromatic rings. The lowest BCUT2D eigenvalue weighted by atomic mass is 9.74. The molecule has 0 saturated carbocycles. The number of rotatable bonds is 6. The third-order valence-corrected chi connectivity index (χ3v) is 20.2. The van der Waals surface area contributed by atoms with Crippen LogP contribution < -0.4 is 0 Å². The molecule has 11 aromatic carbocycles. The summed E-state index contributed by atoms with van der Waals surface area (Å²) in [7, 11) is 0. The molecule has 0 spiro atoms. The molecule has 4 aromatic heterocycles. The van der Waals surface area contributed by atoms with E-state index in [9.17, 15) is 5.26 Å². The van der Waals surface area contributed by atoms with Gasteiger partial charge in [-0.05, 0) is 70.3 Å². The fraction of sp³-hybridized carbons (Fsp3) is 0.0563. The molecule has 1 aliphatic rings. The van der Waals surface area contributed by atoms with Crippen LogP contribution in [0.2, 0.25) is 0 Å². The Morgan fingerprint density at radius 2 is 0.864 bits per heavy atom. The van der Waals surface area contributed by atoms with E-state index in [1.54, 1.807) is 52.2 Å².